The SMILES string of the molecule is COc1ccc(C2CCCCCC2N)c(OC)c1Br. The van der Waals surface area contributed by atoms with Gasteiger partial charge in [-0.2, -0.15) is 0 Å². The quantitative estimate of drug-likeness (QED) is 0.858. The molecule has 1 aliphatic carbocycles. The minimum absolute atomic E-state index is 0.219. The van der Waals surface area contributed by atoms with Crippen LogP contribution in [0.15, 0.2) is 16.6 Å². The number of rotatable bonds is 3. The first-order valence-electron chi connectivity index (χ1n) is 6.85. The third-order valence-corrected chi connectivity index (χ3v) is 4.74. The highest BCUT2D eigenvalue weighted by molar-refractivity contribution is 9.10. The molecule has 0 spiro atoms. The van der Waals surface area contributed by atoms with E-state index >= 15 is 0 Å². The van der Waals surface area contributed by atoms with Crippen LogP contribution in [0.2, 0.25) is 0 Å². The van der Waals surface area contributed by atoms with E-state index in [2.05, 4.69) is 22.0 Å². The Labute approximate surface area is 123 Å². The molecule has 0 radical (unpaired) electrons. The van der Waals surface area contributed by atoms with Crippen LogP contribution < -0.4 is 15.2 Å². The second-order valence-electron chi connectivity index (χ2n) is 5.11. The van der Waals surface area contributed by atoms with Crippen molar-refractivity contribution in [3.63, 3.8) is 0 Å². The van der Waals surface area contributed by atoms with Crippen molar-refractivity contribution in [2.75, 3.05) is 14.2 Å². The lowest BCUT2D eigenvalue weighted by molar-refractivity contribution is 0.378. The zero-order valence-electron chi connectivity index (χ0n) is 11.6. The molecule has 1 fully saturated rings. The van der Waals surface area contributed by atoms with Crippen molar-refractivity contribution in [3.05, 3.63) is 22.2 Å². The molecule has 2 atom stereocenters. The maximum atomic E-state index is 6.35. The predicted octanol–water partition coefficient (Wildman–Crippen LogP) is 3.84. The molecule has 1 aromatic rings. The van der Waals surface area contributed by atoms with Crippen molar-refractivity contribution in [1.82, 2.24) is 0 Å². The van der Waals surface area contributed by atoms with E-state index < -0.39 is 0 Å². The molecule has 0 aromatic heterocycles. The molecule has 2 unspecified atom stereocenters. The van der Waals surface area contributed by atoms with Crippen LogP contribution in [0, 0.1) is 0 Å². The largest absolute Gasteiger partial charge is 0.495 e. The molecule has 19 heavy (non-hydrogen) atoms. The molecular weight excluding hydrogens is 306 g/mol. The van der Waals surface area contributed by atoms with Crippen LogP contribution in [0.25, 0.3) is 0 Å². The van der Waals surface area contributed by atoms with E-state index in [-0.39, 0.29) is 6.04 Å². The van der Waals surface area contributed by atoms with Gasteiger partial charge in [-0.15, -0.1) is 0 Å². The summed E-state index contributed by atoms with van der Waals surface area (Å²) in [6, 6.07) is 4.30. The van der Waals surface area contributed by atoms with Gasteiger partial charge in [-0.05, 0) is 34.8 Å². The summed E-state index contributed by atoms with van der Waals surface area (Å²) in [4.78, 5) is 0. The van der Waals surface area contributed by atoms with Crippen LogP contribution in [0.5, 0.6) is 11.5 Å². The van der Waals surface area contributed by atoms with Crippen molar-refractivity contribution >= 4 is 15.9 Å². The number of ether oxygens (including phenoxy) is 2. The first-order valence-corrected chi connectivity index (χ1v) is 7.64. The molecule has 106 valence electrons. The predicted molar refractivity (Wildman–Crippen MR) is 81.0 cm³/mol. The molecule has 0 aliphatic heterocycles. The number of methoxy groups -OCH3 is 2. The van der Waals surface area contributed by atoms with Crippen LogP contribution in [0.1, 0.15) is 43.6 Å². The third-order valence-electron chi connectivity index (χ3n) is 3.99. The molecule has 2 rings (SSSR count). The average Bonchev–Trinajstić information content (AvgIpc) is 2.63. The summed E-state index contributed by atoms with van der Waals surface area (Å²) in [7, 11) is 3.36. The van der Waals surface area contributed by atoms with E-state index in [1.54, 1.807) is 14.2 Å². The second-order valence-corrected chi connectivity index (χ2v) is 5.91. The van der Waals surface area contributed by atoms with Crippen molar-refractivity contribution in [2.24, 2.45) is 5.73 Å². The van der Waals surface area contributed by atoms with E-state index in [0.29, 0.717) is 5.92 Å². The molecular formula is C15H22BrNO2. The van der Waals surface area contributed by atoms with Gasteiger partial charge in [0.25, 0.3) is 0 Å². The molecule has 1 aliphatic rings. The van der Waals surface area contributed by atoms with Gasteiger partial charge < -0.3 is 15.2 Å². The van der Waals surface area contributed by atoms with Gasteiger partial charge in [-0.25, -0.2) is 0 Å². The fourth-order valence-electron chi connectivity index (χ4n) is 2.93. The first kappa shape index (κ1) is 14.7. The smallest absolute Gasteiger partial charge is 0.140 e. The Bertz CT molecular complexity index is 436. The molecule has 1 saturated carbocycles. The standard InChI is InChI=1S/C15H22BrNO2/c1-18-13-9-8-11(15(19-2)14(13)16)10-6-4-3-5-7-12(10)17/h8-10,12H,3-7,17H2,1-2H3. The maximum absolute atomic E-state index is 6.35. The van der Waals surface area contributed by atoms with Crippen molar-refractivity contribution < 1.29 is 9.47 Å². The Morgan fingerprint density at radius 3 is 2.53 bits per heavy atom. The minimum atomic E-state index is 0.219. The fourth-order valence-corrected chi connectivity index (χ4v) is 3.62. The van der Waals surface area contributed by atoms with Crippen LogP contribution in [-0.2, 0) is 0 Å². The van der Waals surface area contributed by atoms with Crippen LogP contribution in [0.4, 0.5) is 0 Å². The second kappa shape index (κ2) is 6.62. The summed E-state index contributed by atoms with van der Waals surface area (Å²) >= 11 is 3.57. The highest BCUT2D eigenvalue weighted by atomic mass is 79.9. The number of hydrogen-bond donors (Lipinski definition) is 1. The third kappa shape index (κ3) is 3.06. The number of nitrogens with two attached hydrogens (primary N) is 1. The van der Waals surface area contributed by atoms with Crippen LogP contribution in [-0.4, -0.2) is 20.3 Å². The Morgan fingerprint density at radius 2 is 1.84 bits per heavy atom. The van der Waals surface area contributed by atoms with E-state index in [1.165, 1.54) is 24.8 Å². The molecule has 2 N–H and O–H groups in total. The van der Waals surface area contributed by atoms with Gasteiger partial charge in [0, 0.05) is 17.5 Å². The van der Waals surface area contributed by atoms with E-state index in [0.717, 1.165) is 28.8 Å². The Kier molecular flexibility index (Phi) is 5.11. The topological polar surface area (TPSA) is 44.5 Å². The fraction of sp³-hybridized carbons (Fsp3) is 0.600. The lowest BCUT2D eigenvalue weighted by Crippen LogP contribution is -2.27. The summed E-state index contributed by atoms with van der Waals surface area (Å²) < 4.78 is 11.8. The number of hydrogen-bond acceptors (Lipinski definition) is 3. The molecule has 3 nitrogen and oxygen atoms in total. The van der Waals surface area contributed by atoms with E-state index in [1.807, 2.05) is 6.07 Å². The van der Waals surface area contributed by atoms with Crippen LogP contribution >= 0.6 is 15.9 Å². The Hall–Kier alpha value is -0.740. The first-order chi connectivity index (χ1) is 9.19. The molecule has 0 saturated heterocycles. The monoisotopic (exact) mass is 327 g/mol. The molecule has 0 amide bonds. The van der Waals surface area contributed by atoms with Gasteiger partial charge in [-0.1, -0.05) is 25.3 Å². The Balaban J connectivity index is 2.40. The number of benzene rings is 1. The highest BCUT2D eigenvalue weighted by Crippen LogP contribution is 2.43. The summed E-state index contributed by atoms with van der Waals surface area (Å²) in [5.74, 6) is 2.03. The maximum Gasteiger partial charge on any atom is 0.140 e. The van der Waals surface area contributed by atoms with Gasteiger partial charge >= 0.3 is 0 Å². The summed E-state index contributed by atoms with van der Waals surface area (Å²) in [6.07, 6.45) is 5.99. The summed E-state index contributed by atoms with van der Waals surface area (Å²) in [5, 5.41) is 0. The molecule has 0 heterocycles. The highest BCUT2D eigenvalue weighted by Gasteiger charge is 2.26. The average molecular weight is 328 g/mol. The van der Waals surface area contributed by atoms with Crippen molar-refractivity contribution in [2.45, 2.75) is 44.1 Å². The summed E-state index contributed by atoms with van der Waals surface area (Å²) in [6.45, 7) is 0. The molecule has 4 heteroatoms. The number of halogens is 1. The van der Waals surface area contributed by atoms with Gasteiger partial charge in [0.2, 0.25) is 0 Å². The normalized spacial score (nSPS) is 23.8. The molecule has 1 aromatic carbocycles. The van der Waals surface area contributed by atoms with Crippen molar-refractivity contribution in [3.8, 4) is 11.5 Å². The molecule has 0 bridgehead atoms. The lowest BCUT2D eigenvalue weighted by atomic mass is 9.87. The minimum Gasteiger partial charge on any atom is -0.495 e. The van der Waals surface area contributed by atoms with Gasteiger partial charge in [0.1, 0.15) is 16.0 Å². The summed E-state index contributed by atoms with van der Waals surface area (Å²) in [5.41, 5.74) is 7.55. The van der Waals surface area contributed by atoms with E-state index in [9.17, 15) is 0 Å². The van der Waals surface area contributed by atoms with Gasteiger partial charge in [0.15, 0.2) is 0 Å². The van der Waals surface area contributed by atoms with E-state index in [4.69, 9.17) is 15.2 Å². The van der Waals surface area contributed by atoms with Gasteiger partial charge in [0.05, 0.1) is 14.2 Å². The lowest BCUT2D eigenvalue weighted by Gasteiger charge is -2.25. The Morgan fingerprint density at radius 1 is 1.11 bits per heavy atom. The van der Waals surface area contributed by atoms with Crippen molar-refractivity contribution in [1.29, 1.82) is 0 Å². The zero-order valence-corrected chi connectivity index (χ0v) is 13.2. The van der Waals surface area contributed by atoms with Gasteiger partial charge in [-0.3, -0.25) is 0 Å². The van der Waals surface area contributed by atoms with Crippen LogP contribution in [0.3, 0.4) is 0 Å². The zero-order chi connectivity index (χ0) is 13.8.